The molecule has 0 atom stereocenters. The zero-order chi connectivity index (χ0) is 20.9. The van der Waals surface area contributed by atoms with Crippen LogP contribution >= 0.6 is 11.3 Å². The number of rotatable bonds is 7. The van der Waals surface area contributed by atoms with E-state index in [-0.39, 0.29) is 18.0 Å². The largest absolute Gasteiger partial charge is 0.491 e. The molecular formula is C23H21N3O3S. The Hall–Kier alpha value is -3.45. The SMILES string of the molecule is CCCOc1ccccc1NC(=O)Cn1cnc2scc(-c3ccccc3)c2c1=O. The summed E-state index contributed by atoms with van der Waals surface area (Å²) in [5, 5.41) is 5.30. The van der Waals surface area contributed by atoms with Gasteiger partial charge in [-0.2, -0.15) is 0 Å². The molecule has 0 aliphatic rings. The smallest absolute Gasteiger partial charge is 0.263 e. The molecule has 30 heavy (non-hydrogen) atoms. The molecule has 0 aliphatic heterocycles. The van der Waals surface area contributed by atoms with Gasteiger partial charge in [0.2, 0.25) is 5.91 Å². The molecule has 2 heterocycles. The van der Waals surface area contributed by atoms with Gasteiger partial charge in [0, 0.05) is 10.9 Å². The molecule has 0 radical (unpaired) electrons. The first-order valence-electron chi connectivity index (χ1n) is 9.71. The van der Waals surface area contributed by atoms with Crippen LogP contribution in [0.3, 0.4) is 0 Å². The Kier molecular flexibility index (Phi) is 5.90. The van der Waals surface area contributed by atoms with Gasteiger partial charge in [-0.1, -0.05) is 49.4 Å². The van der Waals surface area contributed by atoms with Crippen molar-refractivity contribution in [1.82, 2.24) is 9.55 Å². The van der Waals surface area contributed by atoms with Crippen molar-refractivity contribution in [1.29, 1.82) is 0 Å². The van der Waals surface area contributed by atoms with Gasteiger partial charge in [-0.05, 0) is 24.1 Å². The van der Waals surface area contributed by atoms with Gasteiger partial charge in [0.15, 0.2) is 0 Å². The van der Waals surface area contributed by atoms with Gasteiger partial charge in [0.25, 0.3) is 5.56 Å². The number of carbonyl (C=O) groups is 1. The summed E-state index contributed by atoms with van der Waals surface area (Å²) in [4.78, 5) is 30.8. The number of carbonyl (C=O) groups excluding carboxylic acids is 1. The fourth-order valence-electron chi connectivity index (χ4n) is 3.16. The van der Waals surface area contributed by atoms with E-state index in [0.717, 1.165) is 17.5 Å². The van der Waals surface area contributed by atoms with Crippen LogP contribution in [0.5, 0.6) is 5.75 Å². The number of nitrogens with zero attached hydrogens (tertiary/aromatic N) is 2. The molecule has 7 heteroatoms. The molecule has 4 aromatic rings. The van der Waals surface area contributed by atoms with E-state index in [1.807, 2.05) is 60.8 Å². The van der Waals surface area contributed by atoms with Crippen LogP contribution < -0.4 is 15.6 Å². The third kappa shape index (κ3) is 4.11. The number of anilines is 1. The summed E-state index contributed by atoms with van der Waals surface area (Å²) in [6.45, 7) is 2.45. The molecule has 0 aliphatic carbocycles. The molecule has 0 fully saturated rings. The number of thiophene rings is 1. The summed E-state index contributed by atoms with van der Waals surface area (Å²) in [5.74, 6) is 0.292. The second-order valence-corrected chi connectivity index (χ2v) is 7.62. The monoisotopic (exact) mass is 419 g/mol. The zero-order valence-electron chi connectivity index (χ0n) is 16.5. The van der Waals surface area contributed by atoms with Crippen LogP contribution in [0.4, 0.5) is 5.69 Å². The third-order valence-electron chi connectivity index (χ3n) is 4.58. The van der Waals surface area contributed by atoms with Crippen molar-refractivity contribution in [3.05, 3.63) is 76.7 Å². The van der Waals surface area contributed by atoms with Gasteiger partial charge in [0.1, 0.15) is 17.1 Å². The van der Waals surface area contributed by atoms with Crippen molar-refractivity contribution in [3.63, 3.8) is 0 Å². The van der Waals surface area contributed by atoms with Crippen LogP contribution in [-0.4, -0.2) is 22.1 Å². The molecular weight excluding hydrogens is 398 g/mol. The van der Waals surface area contributed by atoms with E-state index in [1.54, 1.807) is 6.07 Å². The van der Waals surface area contributed by atoms with Crippen molar-refractivity contribution in [3.8, 4) is 16.9 Å². The highest BCUT2D eigenvalue weighted by Gasteiger charge is 2.15. The van der Waals surface area contributed by atoms with Crippen molar-refractivity contribution in [2.45, 2.75) is 19.9 Å². The molecule has 0 unspecified atom stereocenters. The van der Waals surface area contributed by atoms with Crippen molar-refractivity contribution >= 4 is 33.1 Å². The molecule has 0 bridgehead atoms. The highest BCUT2D eigenvalue weighted by atomic mass is 32.1. The number of hydrogen-bond acceptors (Lipinski definition) is 5. The van der Waals surface area contributed by atoms with Gasteiger partial charge in [-0.25, -0.2) is 4.98 Å². The predicted octanol–water partition coefficient (Wildman–Crippen LogP) is 4.55. The lowest BCUT2D eigenvalue weighted by molar-refractivity contribution is -0.116. The third-order valence-corrected chi connectivity index (χ3v) is 5.47. The van der Waals surface area contributed by atoms with Crippen LogP contribution in [-0.2, 0) is 11.3 Å². The molecule has 6 nitrogen and oxygen atoms in total. The summed E-state index contributed by atoms with van der Waals surface area (Å²) in [5.41, 5.74) is 2.14. The van der Waals surface area contributed by atoms with E-state index in [0.29, 0.717) is 28.3 Å². The van der Waals surface area contributed by atoms with Gasteiger partial charge >= 0.3 is 0 Å². The Morgan fingerprint density at radius 1 is 1.13 bits per heavy atom. The Bertz CT molecular complexity index is 1230. The molecule has 0 saturated carbocycles. The van der Waals surface area contributed by atoms with Crippen molar-refractivity contribution in [2.75, 3.05) is 11.9 Å². The zero-order valence-corrected chi connectivity index (χ0v) is 17.3. The van der Waals surface area contributed by atoms with E-state index < -0.39 is 0 Å². The number of para-hydroxylation sites is 2. The second-order valence-electron chi connectivity index (χ2n) is 6.77. The molecule has 2 aromatic carbocycles. The van der Waals surface area contributed by atoms with Gasteiger partial charge in [-0.15, -0.1) is 11.3 Å². The quantitative estimate of drug-likeness (QED) is 0.477. The van der Waals surface area contributed by atoms with E-state index in [1.165, 1.54) is 22.2 Å². The Morgan fingerprint density at radius 3 is 2.70 bits per heavy atom. The first kappa shape index (κ1) is 19.8. The van der Waals surface area contributed by atoms with Crippen LogP contribution in [0.15, 0.2) is 71.1 Å². The Balaban J connectivity index is 1.60. The molecule has 2 aromatic heterocycles. The summed E-state index contributed by atoms with van der Waals surface area (Å²) >= 11 is 1.42. The van der Waals surface area contributed by atoms with Crippen molar-refractivity contribution < 1.29 is 9.53 Å². The molecule has 0 spiro atoms. The average molecular weight is 420 g/mol. The standard InChI is InChI=1S/C23H21N3O3S/c1-2-12-29-19-11-7-6-10-18(19)25-20(27)13-26-15-24-22-21(23(26)28)17(14-30-22)16-8-4-3-5-9-16/h3-11,14-15H,2,12-13H2,1H3,(H,25,27). The molecule has 152 valence electrons. The number of aromatic nitrogens is 2. The number of nitrogens with one attached hydrogen (secondary N) is 1. The highest BCUT2D eigenvalue weighted by Crippen LogP contribution is 2.30. The first-order chi connectivity index (χ1) is 14.7. The number of benzene rings is 2. The van der Waals surface area contributed by atoms with Crippen LogP contribution in [0.25, 0.3) is 21.3 Å². The van der Waals surface area contributed by atoms with Crippen LogP contribution in [0, 0.1) is 0 Å². The average Bonchev–Trinajstić information content (AvgIpc) is 3.21. The maximum atomic E-state index is 13.1. The van der Waals surface area contributed by atoms with Crippen LogP contribution in [0.1, 0.15) is 13.3 Å². The molecule has 1 amide bonds. The van der Waals surface area contributed by atoms with E-state index in [9.17, 15) is 9.59 Å². The predicted molar refractivity (Wildman–Crippen MR) is 120 cm³/mol. The lowest BCUT2D eigenvalue weighted by Crippen LogP contribution is -2.28. The summed E-state index contributed by atoms with van der Waals surface area (Å²) < 4.78 is 7.02. The minimum atomic E-state index is -0.317. The molecule has 1 N–H and O–H groups in total. The van der Waals surface area contributed by atoms with E-state index in [4.69, 9.17) is 4.74 Å². The maximum Gasteiger partial charge on any atom is 0.263 e. The van der Waals surface area contributed by atoms with Crippen LogP contribution in [0.2, 0.25) is 0 Å². The van der Waals surface area contributed by atoms with Gasteiger partial charge in [-0.3, -0.25) is 14.2 Å². The van der Waals surface area contributed by atoms with Gasteiger partial charge < -0.3 is 10.1 Å². The summed E-state index contributed by atoms with van der Waals surface area (Å²) in [6, 6.07) is 17.0. The molecule has 4 rings (SSSR count). The van der Waals surface area contributed by atoms with E-state index in [2.05, 4.69) is 10.3 Å². The number of amides is 1. The fourth-order valence-corrected chi connectivity index (χ4v) is 4.07. The van der Waals surface area contributed by atoms with E-state index >= 15 is 0 Å². The normalized spacial score (nSPS) is 10.8. The maximum absolute atomic E-state index is 13.1. The topological polar surface area (TPSA) is 73.2 Å². The number of fused-ring (bicyclic) bond motifs is 1. The lowest BCUT2D eigenvalue weighted by atomic mass is 10.1. The minimum Gasteiger partial charge on any atom is -0.491 e. The number of hydrogen-bond donors (Lipinski definition) is 1. The Morgan fingerprint density at radius 2 is 1.90 bits per heavy atom. The first-order valence-corrected chi connectivity index (χ1v) is 10.6. The molecule has 0 saturated heterocycles. The fraction of sp³-hybridized carbons (Fsp3) is 0.174. The highest BCUT2D eigenvalue weighted by molar-refractivity contribution is 7.17. The minimum absolute atomic E-state index is 0.131. The second kappa shape index (κ2) is 8.92. The summed E-state index contributed by atoms with van der Waals surface area (Å²) in [6.07, 6.45) is 2.29. The van der Waals surface area contributed by atoms with Gasteiger partial charge in [0.05, 0.1) is 24.0 Å². The lowest BCUT2D eigenvalue weighted by Gasteiger charge is -2.12. The number of ether oxygens (including phenoxy) is 1. The summed E-state index contributed by atoms with van der Waals surface area (Å²) in [7, 11) is 0. The Labute approximate surface area is 177 Å². The van der Waals surface area contributed by atoms with Crippen molar-refractivity contribution in [2.24, 2.45) is 0 Å².